The second-order valence-corrected chi connectivity index (χ2v) is 8.46. The number of halogens is 2. The van der Waals surface area contributed by atoms with Crippen LogP contribution >= 0.6 is 24.0 Å². The number of aliphatic hydroxyl groups excluding tert-OH is 1. The van der Waals surface area contributed by atoms with Gasteiger partial charge in [-0.3, -0.25) is 0 Å². The number of carboxylic acid groups (broad SMARTS) is 1. The molecule has 4 rings (SSSR count). The van der Waals surface area contributed by atoms with E-state index in [1.165, 1.54) is 17.2 Å². The average molecular weight is 501 g/mol. The number of aliphatic hydroxyl groups is 1. The Hall–Kier alpha value is -2.90. The maximum Gasteiger partial charge on any atom is 0.328 e. The first kappa shape index (κ1) is 25.7. The lowest BCUT2D eigenvalue weighted by Gasteiger charge is -2.27. The molecule has 2 aromatic carbocycles. The van der Waals surface area contributed by atoms with Crippen molar-refractivity contribution in [2.75, 3.05) is 6.54 Å². The summed E-state index contributed by atoms with van der Waals surface area (Å²) in [5.74, 6) is -0.0280. The lowest BCUT2D eigenvalue weighted by molar-refractivity contribution is -0.131. The van der Waals surface area contributed by atoms with E-state index in [0.717, 1.165) is 30.9 Å². The van der Waals surface area contributed by atoms with Crippen LogP contribution in [0.1, 0.15) is 34.8 Å². The third kappa shape index (κ3) is 6.81. The van der Waals surface area contributed by atoms with Crippen molar-refractivity contribution in [2.45, 2.75) is 31.4 Å². The molecule has 2 atom stereocenters. The van der Waals surface area contributed by atoms with Gasteiger partial charge in [0, 0.05) is 35.4 Å². The molecule has 0 saturated heterocycles. The van der Waals surface area contributed by atoms with Gasteiger partial charge >= 0.3 is 5.97 Å². The summed E-state index contributed by atoms with van der Waals surface area (Å²) in [6.07, 6.45) is 6.26. The molecule has 6 nitrogen and oxygen atoms in total. The highest BCUT2D eigenvalue weighted by molar-refractivity contribution is 6.30. The number of hydrogen-bond acceptors (Lipinski definition) is 5. The second kappa shape index (κ2) is 12.0. The number of pyridine rings is 1. The first-order valence-electron chi connectivity index (χ1n) is 10.8. The minimum absolute atomic E-state index is 0. The van der Waals surface area contributed by atoms with Crippen LogP contribution in [0.2, 0.25) is 5.02 Å². The fraction of sp³-hybridized carbons (Fsp3) is 0.231. The lowest BCUT2D eigenvalue weighted by Crippen LogP contribution is -2.37. The van der Waals surface area contributed by atoms with E-state index in [4.69, 9.17) is 21.4 Å². The summed E-state index contributed by atoms with van der Waals surface area (Å²) in [6.45, 7) is 0.448. The molecule has 0 fully saturated rings. The fourth-order valence-electron chi connectivity index (χ4n) is 3.97. The zero-order valence-electron chi connectivity index (χ0n) is 18.4. The van der Waals surface area contributed by atoms with Crippen molar-refractivity contribution in [3.63, 3.8) is 0 Å². The van der Waals surface area contributed by atoms with Crippen molar-refractivity contribution in [3.8, 4) is 11.6 Å². The summed E-state index contributed by atoms with van der Waals surface area (Å²) >= 11 is 6.03. The van der Waals surface area contributed by atoms with E-state index in [9.17, 15) is 9.90 Å². The van der Waals surface area contributed by atoms with Gasteiger partial charge in [-0.1, -0.05) is 29.8 Å². The number of ether oxygens (including phenoxy) is 1. The topological polar surface area (TPSA) is 91.7 Å². The van der Waals surface area contributed by atoms with E-state index >= 15 is 0 Å². The molecule has 0 bridgehead atoms. The summed E-state index contributed by atoms with van der Waals surface area (Å²) in [5.41, 5.74) is 3.85. The van der Waals surface area contributed by atoms with Crippen molar-refractivity contribution in [1.29, 1.82) is 0 Å². The number of aliphatic carboxylic acids is 1. The predicted octanol–water partition coefficient (Wildman–Crippen LogP) is 5.23. The highest BCUT2D eigenvalue weighted by Crippen LogP contribution is 2.30. The number of rotatable bonds is 8. The zero-order valence-corrected chi connectivity index (χ0v) is 19.9. The summed E-state index contributed by atoms with van der Waals surface area (Å²) in [4.78, 5) is 15.1. The number of carbonyl (C=O) groups is 1. The number of hydrogen-bond donors (Lipinski definition) is 3. The Balaban J connectivity index is 0.00000324. The molecular weight excluding hydrogens is 475 g/mol. The minimum atomic E-state index is -1.03. The van der Waals surface area contributed by atoms with Crippen LogP contribution in [-0.2, 0) is 17.6 Å². The molecule has 1 aliphatic carbocycles. The van der Waals surface area contributed by atoms with Crippen LogP contribution < -0.4 is 10.1 Å². The molecule has 3 N–H and O–H groups in total. The van der Waals surface area contributed by atoms with Crippen molar-refractivity contribution in [2.24, 2.45) is 0 Å². The predicted molar refractivity (Wildman–Crippen MR) is 135 cm³/mol. The smallest absolute Gasteiger partial charge is 0.328 e. The minimum Gasteiger partial charge on any atom is -0.478 e. The number of nitrogens with one attached hydrogen (secondary N) is 1. The quantitative estimate of drug-likeness (QED) is 0.367. The van der Waals surface area contributed by atoms with E-state index in [-0.39, 0.29) is 18.4 Å². The van der Waals surface area contributed by atoms with Crippen molar-refractivity contribution < 1.29 is 19.7 Å². The molecule has 8 heteroatoms. The van der Waals surface area contributed by atoms with Gasteiger partial charge in [0.15, 0.2) is 0 Å². The van der Waals surface area contributed by atoms with Crippen LogP contribution in [-0.4, -0.2) is 33.8 Å². The molecule has 1 heterocycles. The number of carboxylic acids is 1. The summed E-state index contributed by atoms with van der Waals surface area (Å²) < 4.78 is 5.98. The number of aromatic nitrogens is 1. The molecule has 1 aliphatic rings. The largest absolute Gasteiger partial charge is 0.478 e. The Morgan fingerprint density at radius 2 is 2.06 bits per heavy atom. The molecular formula is C26H26Cl2N2O4. The first-order chi connectivity index (χ1) is 16.0. The van der Waals surface area contributed by atoms with Gasteiger partial charge in [0.25, 0.3) is 0 Å². The molecule has 0 amide bonds. The first-order valence-corrected chi connectivity index (χ1v) is 11.2. The molecule has 34 heavy (non-hydrogen) atoms. The maximum absolute atomic E-state index is 10.8. The average Bonchev–Trinajstić information content (AvgIpc) is 2.81. The standard InChI is InChI=1S/C26H25ClN2O4.ClH/c27-21-5-1-3-19(13-21)24(30)16-29-22-9-6-17-7-10-23(15-20(17)14-22)33-26-18(4-2-12-28-26)8-11-25(31)32;/h1-5,7-8,10-13,15,22,24,29-30H,6,9,14,16H2,(H,31,32);1H/t22-,24+;/m0./s1. The third-order valence-corrected chi connectivity index (χ3v) is 5.90. The molecule has 0 saturated carbocycles. The van der Waals surface area contributed by atoms with Gasteiger partial charge in [0.2, 0.25) is 5.88 Å². The molecule has 1 aromatic heterocycles. The molecule has 3 aromatic rings. The Labute approximate surface area is 209 Å². The third-order valence-electron chi connectivity index (χ3n) is 5.66. The Bertz CT molecular complexity index is 1170. The maximum atomic E-state index is 10.8. The number of aryl methyl sites for hydroxylation is 1. The van der Waals surface area contributed by atoms with Crippen molar-refractivity contribution >= 4 is 36.1 Å². The van der Waals surface area contributed by atoms with Crippen LogP contribution in [0.15, 0.2) is 66.9 Å². The van der Waals surface area contributed by atoms with E-state index in [0.29, 0.717) is 28.8 Å². The van der Waals surface area contributed by atoms with Crippen molar-refractivity contribution in [3.05, 3.63) is 94.1 Å². The molecule has 0 radical (unpaired) electrons. The highest BCUT2D eigenvalue weighted by atomic mass is 35.5. The fourth-order valence-corrected chi connectivity index (χ4v) is 4.17. The number of nitrogens with zero attached hydrogens (tertiary/aromatic N) is 1. The number of benzene rings is 2. The van der Waals surface area contributed by atoms with Gasteiger partial charge < -0.3 is 20.3 Å². The van der Waals surface area contributed by atoms with E-state index in [1.807, 2.05) is 24.3 Å². The van der Waals surface area contributed by atoms with Gasteiger partial charge in [-0.15, -0.1) is 12.4 Å². The van der Waals surface area contributed by atoms with Crippen LogP contribution in [0, 0.1) is 0 Å². The molecule has 0 unspecified atom stereocenters. The monoisotopic (exact) mass is 500 g/mol. The van der Waals surface area contributed by atoms with Crippen LogP contribution in [0.5, 0.6) is 11.6 Å². The Morgan fingerprint density at radius 3 is 2.85 bits per heavy atom. The lowest BCUT2D eigenvalue weighted by atomic mass is 9.88. The van der Waals surface area contributed by atoms with Crippen LogP contribution in [0.25, 0.3) is 6.08 Å². The normalized spacial score (nSPS) is 15.9. The van der Waals surface area contributed by atoms with E-state index in [1.54, 1.807) is 30.5 Å². The van der Waals surface area contributed by atoms with Gasteiger partial charge in [-0.25, -0.2) is 9.78 Å². The SMILES string of the molecule is Cl.O=C(O)C=Cc1cccnc1Oc1ccc2c(c1)C[C@@H](NC[C@@H](O)c1cccc(Cl)c1)CC2. The van der Waals surface area contributed by atoms with Gasteiger partial charge in [-0.05, 0) is 78.4 Å². The van der Waals surface area contributed by atoms with E-state index in [2.05, 4.69) is 16.4 Å². The van der Waals surface area contributed by atoms with Gasteiger partial charge in [-0.2, -0.15) is 0 Å². The molecule has 0 spiro atoms. The highest BCUT2D eigenvalue weighted by Gasteiger charge is 2.20. The second-order valence-electron chi connectivity index (χ2n) is 8.02. The molecule has 178 valence electrons. The van der Waals surface area contributed by atoms with E-state index < -0.39 is 12.1 Å². The summed E-state index contributed by atoms with van der Waals surface area (Å²) in [7, 11) is 0. The van der Waals surface area contributed by atoms with Crippen LogP contribution in [0.4, 0.5) is 0 Å². The summed E-state index contributed by atoms with van der Waals surface area (Å²) in [6, 6.07) is 17.0. The Morgan fingerprint density at radius 1 is 1.21 bits per heavy atom. The Kier molecular flexibility index (Phi) is 9.07. The molecule has 0 aliphatic heterocycles. The van der Waals surface area contributed by atoms with Crippen molar-refractivity contribution in [1.82, 2.24) is 10.3 Å². The zero-order chi connectivity index (χ0) is 23.2. The van der Waals surface area contributed by atoms with Gasteiger partial charge in [0.05, 0.1) is 6.10 Å². The van der Waals surface area contributed by atoms with Crippen LogP contribution in [0.3, 0.4) is 0 Å². The summed E-state index contributed by atoms with van der Waals surface area (Å²) in [5, 5.41) is 23.5. The van der Waals surface area contributed by atoms with Gasteiger partial charge in [0.1, 0.15) is 5.75 Å². The number of fused-ring (bicyclic) bond motifs is 1.